The van der Waals surface area contributed by atoms with E-state index in [1.54, 1.807) is 32.4 Å². The van der Waals surface area contributed by atoms with Gasteiger partial charge in [0, 0.05) is 18.3 Å². The number of nitrogens with one attached hydrogen (secondary N) is 1. The monoisotopic (exact) mass is 328 g/mol. The van der Waals surface area contributed by atoms with E-state index in [1.807, 2.05) is 37.1 Å². The molecule has 0 aliphatic heterocycles. The Bertz CT molecular complexity index is 674. The largest absolute Gasteiger partial charge is 0.493 e. The topological polar surface area (TPSA) is 50.8 Å². The van der Waals surface area contributed by atoms with Crippen LogP contribution in [0.5, 0.6) is 11.5 Å². The van der Waals surface area contributed by atoms with E-state index in [9.17, 15) is 4.79 Å². The predicted octanol–water partition coefficient (Wildman–Crippen LogP) is 3.16. The third kappa shape index (κ3) is 4.49. The second-order valence-corrected chi connectivity index (χ2v) is 5.64. The van der Waals surface area contributed by atoms with Gasteiger partial charge in [-0.3, -0.25) is 9.69 Å². The highest BCUT2D eigenvalue weighted by Crippen LogP contribution is 2.29. The highest BCUT2D eigenvalue weighted by Gasteiger charge is 2.18. The average Bonchev–Trinajstić information content (AvgIpc) is 2.61. The van der Waals surface area contributed by atoms with E-state index in [4.69, 9.17) is 9.47 Å². The van der Waals surface area contributed by atoms with Crippen molar-refractivity contribution in [3.05, 3.63) is 54.1 Å². The molecule has 0 radical (unpaired) electrons. The van der Waals surface area contributed by atoms with Gasteiger partial charge >= 0.3 is 0 Å². The third-order valence-electron chi connectivity index (χ3n) is 3.97. The van der Waals surface area contributed by atoms with Crippen LogP contribution in [0.1, 0.15) is 12.5 Å². The molecule has 24 heavy (non-hydrogen) atoms. The van der Waals surface area contributed by atoms with Crippen molar-refractivity contribution in [3.8, 4) is 11.5 Å². The van der Waals surface area contributed by atoms with Crippen molar-refractivity contribution in [2.24, 2.45) is 0 Å². The first-order valence-corrected chi connectivity index (χ1v) is 7.82. The summed E-state index contributed by atoms with van der Waals surface area (Å²) in [6.45, 7) is 2.60. The Morgan fingerprint density at radius 3 is 2.38 bits per heavy atom. The molecule has 2 aromatic carbocycles. The minimum Gasteiger partial charge on any atom is -0.493 e. The summed E-state index contributed by atoms with van der Waals surface area (Å²) in [6.07, 6.45) is 0. The molecule has 1 N–H and O–H groups in total. The molecule has 128 valence electrons. The summed E-state index contributed by atoms with van der Waals surface area (Å²) in [5, 5.41) is 2.92. The number of methoxy groups -OCH3 is 2. The summed E-state index contributed by atoms with van der Waals surface area (Å²) in [5.41, 5.74) is 1.85. The summed E-state index contributed by atoms with van der Waals surface area (Å²) in [4.78, 5) is 14.5. The lowest BCUT2D eigenvalue weighted by Gasteiger charge is -2.24. The van der Waals surface area contributed by atoms with Gasteiger partial charge in [-0.05, 0) is 31.7 Å². The van der Waals surface area contributed by atoms with Gasteiger partial charge < -0.3 is 14.8 Å². The van der Waals surface area contributed by atoms with Crippen LogP contribution in [0.15, 0.2) is 48.5 Å². The van der Waals surface area contributed by atoms with Crippen molar-refractivity contribution in [1.82, 2.24) is 4.90 Å². The standard InChI is InChI=1S/C19H24N2O3/c1-14(21(2)13-15-8-6-5-7-9-15)19(22)20-16-10-11-17(23-3)18(12-16)24-4/h5-12,14H,13H2,1-4H3,(H,20,22)/t14-/m0/s1. The van der Waals surface area contributed by atoms with Gasteiger partial charge in [-0.2, -0.15) is 0 Å². The third-order valence-corrected chi connectivity index (χ3v) is 3.97. The van der Waals surface area contributed by atoms with Gasteiger partial charge in [0.15, 0.2) is 11.5 Å². The molecular weight excluding hydrogens is 304 g/mol. The molecule has 0 unspecified atom stereocenters. The summed E-state index contributed by atoms with van der Waals surface area (Å²) >= 11 is 0. The van der Waals surface area contributed by atoms with E-state index < -0.39 is 0 Å². The fourth-order valence-corrected chi connectivity index (χ4v) is 2.37. The molecule has 0 saturated carbocycles. The average molecular weight is 328 g/mol. The number of benzene rings is 2. The second-order valence-electron chi connectivity index (χ2n) is 5.64. The zero-order chi connectivity index (χ0) is 17.5. The molecule has 5 nitrogen and oxygen atoms in total. The smallest absolute Gasteiger partial charge is 0.241 e. The highest BCUT2D eigenvalue weighted by atomic mass is 16.5. The van der Waals surface area contributed by atoms with Crippen LogP contribution >= 0.6 is 0 Å². The lowest BCUT2D eigenvalue weighted by atomic mass is 10.2. The van der Waals surface area contributed by atoms with E-state index in [0.29, 0.717) is 23.7 Å². The van der Waals surface area contributed by atoms with Crippen LogP contribution in [0.2, 0.25) is 0 Å². The molecule has 0 spiro atoms. The van der Waals surface area contributed by atoms with Crippen molar-refractivity contribution in [2.45, 2.75) is 19.5 Å². The number of hydrogen-bond donors (Lipinski definition) is 1. The van der Waals surface area contributed by atoms with E-state index in [1.165, 1.54) is 5.56 Å². The van der Waals surface area contributed by atoms with Crippen LogP contribution in [0.4, 0.5) is 5.69 Å². The fraction of sp³-hybridized carbons (Fsp3) is 0.316. The molecule has 2 rings (SSSR count). The molecule has 1 atom stereocenters. The molecule has 0 aliphatic rings. The van der Waals surface area contributed by atoms with Crippen LogP contribution < -0.4 is 14.8 Å². The van der Waals surface area contributed by atoms with Gasteiger partial charge in [-0.25, -0.2) is 0 Å². The van der Waals surface area contributed by atoms with Gasteiger partial charge in [0.05, 0.1) is 20.3 Å². The first kappa shape index (κ1) is 17.8. The molecule has 0 heterocycles. The van der Waals surface area contributed by atoms with E-state index in [2.05, 4.69) is 17.4 Å². The Hall–Kier alpha value is -2.53. The predicted molar refractivity (Wildman–Crippen MR) is 95.5 cm³/mol. The number of hydrogen-bond acceptors (Lipinski definition) is 4. The Balaban J connectivity index is 2.00. The first-order chi connectivity index (χ1) is 11.5. The molecular formula is C19H24N2O3. The van der Waals surface area contributed by atoms with Crippen LogP contribution in [0.3, 0.4) is 0 Å². The maximum Gasteiger partial charge on any atom is 0.241 e. The summed E-state index contributed by atoms with van der Waals surface area (Å²) in [6, 6.07) is 15.1. The molecule has 0 saturated heterocycles. The van der Waals surface area contributed by atoms with Crippen molar-refractivity contribution in [2.75, 3.05) is 26.6 Å². The van der Waals surface area contributed by atoms with E-state index >= 15 is 0 Å². The summed E-state index contributed by atoms with van der Waals surface area (Å²) in [5.74, 6) is 1.14. The van der Waals surface area contributed by atoms with Crippen LogP contribution in [-0.2, 0) is 11.3 Å². The quantitative estimate of drug-likeness (QED) is 0.848. The molecule has 0 fully saturated rings. The van der Waals surface area contributed by atoms with Crippen molar-refractivity contribution in [3.63, 3.8) is 0 Å². The first-order valence-electron chi connectivity index (χ1n) is 7.82. The molecule has 1 amide bonds. The van der Waals surface area contributed by atoms with Gasteiger partial charge in [-0.1, -0.05) is 30.3 Å². The summed E-state index contributed by atoms with van der Waals surface area (Å²) < 4.78 is 10.5. The Morgan fingerprint density at radius 1 is 1.08 bits per heavy atom. The normalized spacial score (nSPS) is 11.9. The second kappa shape index (κ2) is 8.36. The number of likely N-dealkylation sites (N-methyl/N-ethyl adjacent to an activating group) is 1. The fourth-order valence-electron chi connectivity index (χ4n) is 2.37. The van der Waals surface area contributed by atoms with Crippen molar-refractivity contribution in [1.29, 1.82) is 0 Å². The summed E-state index contributed by atoms with van der Waals surface area (Å²) in [7, 11) is 5.09. The number of anilines is 1. The zero-order valence-corrected chi connectivity index (χ0v) is 14.6. The number of carbonyl (C=O) groups is 1. The van der Waals surface area contributed by atoms with Crippen LogP contribution in [-0.4, -0.2) is 38.1 Å². The molecule has 0 aromatic heterocycles. The Kier molecular flexibility index (Phi) is 6.21. The van der Waals surface area contributed by atoms with E-state index in [0.717, 1.165) is 0 Å². The van der Waals surface area contributed by atoms with Crippen molar-refractivity contribution < 1.29 is 14.3 Å². The Labute approximate surface area is 143 Å². The van der Waals surface area contributed by atoms with Gasteiger partial charge in [-0.15, -0.1) is 0 Å². The maximum absolute atomic E-state index is 12.5. The number of ether oxygens (including phenoxy) is 2. The van der Waals surface area contributed by atoms with E-state index in [-0.39, 0.29) is 11.9 Å². The lowest BCUT2D eigenvalue weighted by molar-refractivity contribution is -0.120. The Morgan fingerprint density at radius 2 is 1.75 bits per heavy atom. The van der Waals surface area contributed by atoms with Crippen LogP contribution in [0.25, 0.3) is 0 Å². The molecule has 2 aromatic rings. The van der Waals surface area contributed by atoms with Gasteiger partial charge in [0.25, 0.3) is 0 Å². The number of carbonyl (C=O) groups excluding carboxylic acids is 1. The SMILES string of the molecule is COc1ccc(NC(=O)[C@H](C)N(C)Cc2ccccc2)cc1OC. The number of amides is 1. The zero-order valence-electron chi connectivity index (χ0n) is 14.6. The minimum atomic E-state index is -0.265. The number of rotatable bonds is 7. The molecule has 5 heteroatoms. The molecule has 0 aliphatic carbocycles. The van der Waals surface area contributed by atoms with Gasteiger partial charge in [0.2, 0.25) is 5.91 Å². The van der Waals surface area contributed by atoms with Gasteiger partial charge in [0.1, 0.15) is 0 Å². The molecule has 0 bridgehead atoms. The number of nitrogens with zero attached hydrogens (tertiary/aromatic N) is 1. The lowest BCUT2D eigenvalue weighted by Crippen LogP contribution is -2.39. The van der Waals surface area contributed by atoms with Crippen LogP contribution in [0, 0.1) is 0 Å². The minimum absolute atomic E-state index is 0.0688. The van der Waals surface area contributed by atoms with Crippen molar-refractivity contribution >= 4 is 11.6 Å². The highest BCUT2D eigenvalue weighted by molar-refractivity contribution is 5.94. The maximum atomic E-state index is 12.5.